The molecule has 0 saturated heterocycles. The van der Waals surface area contributed by atoms with Crippen LogP contribution in [0.15, 0.2) is 0 Å². The summed E-state index contributed by atoms with van der Waals surface area (Å²) in [4.78, 5) is 37.5. The van der Waals surface area contributed by atoms with Gasteiger partial charge in [0, 0.05) is 19.3 Å². The Morgan fingerprint density at radius 3 is 1.02 bits per heavy atom. The summed E-state index contributed by atoms with van der Waals surface area (Å²) in [6, 6.07) is 0. The zero-order chi connectivity index (χ0) is 35.3. The average molecular weight is 681 g/mol. The minimum Gasteiger partial charge on any atom is -0.462 e. The van der Waals surface area contributed by atoms with Gasteiger partial charge in [-0.15, -0.1) is 0 Å². The zero-order valence-corrected chi connectivity index (χ0v) is 32.4. The van der Waals surface area contributed by atoms with Gasteiger partial charge < -0.3 is 14.2 Å². The van der Waals surface area contributed by atoms with Crippen LogP contribution in [0.5, 0.6) is 0 Å². The quantitative estimate of drug-likeness (QED) is 0.0369. The average Bonchev–Trinajstić information content (AvgIpc) is 3.06. The standard InChI is InChI=1S/C42H80O6/c1-5-7-9-11-13-15-17-22-26-30-34-41(44)47-37-39(36-46-40(43)33-29-25-21-16-14-12-10-8-6-2)48-42(45)35-31-27-23-19-18-20-24-28-32-38(3)4/h38-39H,5-37H2,1-4H3/t39-/m1/s1. The van der Waals surface area contributed by atoms with Crippen LogP contribution in [0.2, 0.25) is 0 Å². The van der Waals surface area contributed by atoms with Crippen LogP contribution >= 0.6 is 0 Å². The van der Waals surface area contributed by atoms with Crippen LogP contribution in [0.25, 0.3) is 0 Å². The fourth-order valence-electron chi connectivity index (χ4n) is 6.10. The number of rotatable bonds is 37. The first kappa shape index (κ1) is 46.4. The van der Waals surface area contributed by atoms with Crippen molar-refractivity contribution in [1.29, 1.82) is 0 Å². The molecular weight excluding hydrogens is 600 g/mol. The summed E-state index contributed by atoms with van der Waals surface area (Å²) in [5.74, 6) is -0.0717. The van der Waals surface area contributed by atoms with Crippen molar-refractivity contribution in [3.05, 3.63) is 0 Å². The van der Waals surface area contributed by atoms with E-state index in [4.69, 9.17) is 14.2 Å². The number of unbranched alkanes of at least 4 members (excludes halogenated alkanes) is 24. The molecule has 0 spiro atoms. The van der Waals surface area contributed by atoms with E-state index in [0.717, 1.165) is 63.7 Å². The number of ether oxygens (including phenoxy) is 3. The van der Waals surface area contributed by atoms with E-state index in [1.165, 1.54) is 122 Å². The Morgan fingerprint density at radius 2 is 0.688 bits per heavy atom. The molecule has 0 rings (SSSR count). The van der Waals surface area contributed by atoms with Gasteiger partial charge in [-0.05, 0) is 25.2 Å². The first-order valence-electron chi connectivity index (χ1n) is 20.9. The molecule has 0 fully saturated rings. The van der Waals surface area contributed by atoms with Crippen molar-refractivity contribution in [2.45, 2.75) is 233 Å². The largest absolute Gasteiger partial charge is 0.462 e. The van der Waals surface area contributed by atoms with Crippen LogP contribution in [0.4, 0.5) is 0 Å². The number of hydrogen-bond acceptors (Lipinski definition) is 6. The van der Waals surface area contributed by atoms with Crippen LogP contribution in [0.3, 0.4) is 0 Å². The van der Waals surface area contributed by atoms with E-state index in [1.807, 2.05) is 0 Å². The van der Waals surface area contributed by atoms with Gasteiger partial charge in [0.1, 0.15) is 13.2 Å². The Kier molecular flexibility index (Phi) is 35.5. The number of esters is 3. The molecule has 0 heterocycles. The van der Waals surface area contributed by atoms with Crippen molar-refractivity contribution < 1.29 is 28.6 Å². The van der Waals surface area contributed by atoms with E-state index in [0.29, 0.717) is 19.3 Å². The molecule has 0 unspecified atom stereocenters. The van der Waals surface area contributed by atoms with E-state index in [1.54, 1.807) is 0 Å². The molecule has 0 aromatic carbocycles. The summed E-state index contributed by atoms with van der Waals surface area (Å²) in [5.41, 5.74) is 0. The van der Waals surface area contributed by atoms with E-state index in [9.17, 15) is 14.4 Å². The van der Waals surface area contributed by atoms with E-state index >= 15 is 0 Å². The second-order valence-electron chi connectivity index (χ2n) is 14.7. The van der Waals surface area contributed by atoms with Gasteiger partial charge in [-0.1, -0.05) is 188 Å². The highest BCUT2D eigenvalue weighted by molar-refractivity contribution is 5.71. The first-order chi connectivity index (χ1) is 23.4. The molecular formula is C42H80O6. The maximum absolute atomic E-state index is 12.6. The molecule has 0 saturated carbocycles. The van der Waals surface area contributed by atoms with Crippen molar-refractivity contribution in [2.24, 2.45) is 5.92 Å². The van der Waals surface area contributed by atoms with Gasteiger partial charge in [0.05, 0.1) is 0 Å². The normalized spacial score (nSPS) is 11.9. The lowest BCUT2D eigenvalue weighted by atomic mass is 10.0. The highest BCUT2D eigenvalue weighted by atomic mass is 16.6. The van der Waals surface area contributed by atoms with Crippen molar-refractivity contribution in [2.75, 3.05) is 13.2 Å². The van der Waals surface area contributed by atoms with Crippen LogP contribution in [0.1, 0.15) is 227 Å². The second kappa shape index (κ2) is 36.7. The third-order valence-electron chi connectivity index (χ3n) is 9.29. The molecule has 48 heavy (non-hydrogen) atoms. The van der Waals surface area contributed by atoms with Crippen LogP contribution in [-0.2, 0) is 28.6 Å². The van der Waals surface area contributed by atoms with Gasteiger partial charge in [0.2, 0.25) is 0 Å². The fraction of sp³-hybridized carbons (Fsp3) is 0.929. The Morgan fingerprint density at radius 1 is 0.396 bits per heavy atom. The molecule has 0 bridgehead atoms. The molecule has 1 atom stereocenters. The molecule has 6 nitrogen and oxygen atoms in total. The maximum atomic E-state index is 12.6. The lowest BCUT2D eigenvalue weighted by molar-refractivity contribution is -0.167. The number of hydrogen-bond donors (Lipinski definition) is 0. The predicted molar refractivity (Wildman–Crippen MR) is 201 cm³/mol. The molecule has 284 valence electrons. The Balaban J connectivity index is 4.35. The summed E-state index contributed by atoms with van der Waals surface area (Å²) in [6.45, 7) is 8.91. The topological polar surface area (TPSA) is 78.9 Å². The van der Waals surface area contributed by atoms with Crippen LogP contribution < -0.4 is 0 Å². The summed E-state index contributed by atoms with van der Waals surface area (Å²) in [7, 11) is 0. The van der Waals surface area contributed by atoms with Gasteiger partial charge >= 0.3 is 17.9 Å². The molecule has 0 N–H and O–H groups in total. The fourth-order valence-corrected chi connectivity index (χ4v) is 6.10. The highest BCUT2D eigenvalue weighted by Crippen LogP contribution is 2.15. The van der Waals surface area contributed by atoms with Gasteiger partial charge in [-0.3, -0.25) is 14.4 Å². The molecule has 0 aliphatic heterocycles. The second-order valence-corrected chi connectivity index (χ2v) is 14.7. The molecule has 0 aromatic heterocycles. The third-order valence-corrected chi connectivity index (χ3v) is 9.29. The third kappa shape index (κ3) is 35.7. The minimum absolute atomic E-state index is 0.0650. The molecule has 0 amide bonds. The van der Waals surface area contributed by atoms with E-state index in [2.05, 4.69) is 27.7 Å². The molecule has 0 radical (unpaired) electrons. The highest BCUT2D eigenvalue weighted by Gasteiger charge is 2.19. The Labute approximate surface area is 298 Å². The molecule has 0 aromatic rings. The summed E-state index contributed by atoms with van der Waals surface area (Å²) >= 11 is 0. The van der Waals surface area contributed by atoms with Crippen molar-refractivity contribution in [3.8, 4) is 0 Å². The molecule has 0 aliphatic rings. The Hall–Kier alpha value is -1.59. The number of carbonyl (C=O) groups is 3. The van der Waals surface area contributed by atoms with Gasteiger partial charge in [0.15, 0.2) is 6.10 Å². The summed E-state index contributed by atoms with van der Waals surface area (Å²) in [5, 5.41) is 0. The van der Waals surface area contributed by atoms with Crippen molar-refractivity contribution in [1.82, 2.24) is 0 Å². The van der Waals surface area contributed by atoms with E-state index in [-0.39, 0.29) is 31.1 Å². The van der Waals surface area contributed by atoms with Crippen molar-refractivity contribution in [3.63, 3.8) is 0 Å². The summed E-state index contributed by atoms with van der Waals surface area (Å²) < 4.78 is 16.6. The summed E-state index contributed by atoms with van der Waals surface area (Å²) in [6.07, 6.45) is 33.8. The maximum Gasteiger partial charge on any atom is 0.306 e. The zero-order valence-electron chi connectivity index (χ0n) is 32.4. The lowest BCUT2D eigenvalue weighted by Gasteiger charge is -2.18. The van der Waals surface area contributed by atoms with Crippen LogP contribution in [-0.4, -0.2) is 37.2 Å². The lowest BCUT2D eigenvalue weighted by Crippen LogP contribution is -2.30. The molecule has 0 aliphatic carbocycles. The monoisotopic (exact) mass is 681 g/mol. The first-order valence-corrected chi connectivity index (χ1v) is 20.9. The predicted octanol–water partition coefficient (Wildman–Crippen LogP) is 12.8. The van der Waals surface area contributed by atoms with Crippen LogP contribution in [0, 0.1) is 5.92 Å². The number of carbonyl (C=O) groups excluding carboxylic acids is 3. The van der Waals surface area contributed by atoms with Gasteiger partial charge in [-0.2, -0.15) is 0 Å². The Bertz CT molecular complexity index is 721. The molecule has 6 heteroatoms. The van der Waals surface area contributed by atoms with Crippen molar-refractivity contribution >= 4 is 17.9 Å². The van der Waals surface area contributed by atoms with Gasteiger partial charge in [-0.25, -0.2) is 0 Å². The minimum atomic E-state index is -0.757. The smallest absolute Gasteiger partial charge is 0.306 e. The SMILES string of the molecule is CCCCCCCCCCCCC(=O)OC[C@@H](COC(=O)CCCCCCCCCCC)OC(=O)CCCCCCCCCCC(C)C. The van der Waals surface area contributed by atoms with E-state index < -0.39 is 6.10 Å². The van der Waals surface area contributed by atoms with Gasteiger partial charge in [0.25, 0.3) is 0 Å².